The third-order valence-corrected chi connectivity index (χ3v) is 4.41. The molecule has 1 atom stereocenters. The lowest BCUT2D eigenvalue weighted by Crippen LogP contribution is -2.46. The van der Waals surface area contributed by atoms with Gasteiger partial charge in [0.1, 0.15) is 5.69 Å². The molecule has 2 aliphatic heterocycles. The first-order valence-corrected chi connectivity index (χ1v) is 7.73. The Bertz CT molecular complexity index is 534. The van der Waals surface area contributed by atoms with Gasteiger partial charge in [-0.1, -0.05) is 0 Å². The van der Waals surface area contributed by atoms with Crippen LogP contribution in [0.1, 0.15) is 36.2 Å². The SMILES string of the molecule is Cn1ccc(C(=O)N2CCC[C@H](C(=O)N3CCCC3)C2)n1. The zero-order chi connectivity index (χ0) is 14.8. The molecule has 1 aromatic heterocycles. The molecule has 0 radical (unpaired) electrons. The molecule has 21 heavy (non-hydrogen) atoms. The fourth-order valence-electron chi connectivity index (χ4n) is 3.25. The van der Waals surface area contributed by atoms with Gasteiger partial charge in [-0.2, -0.15) is 5.10 Å². The Morgan fingerprint density at radius 2 is 1.86 bits per heavy atom. The molecule has 1 aromatic rings. The van der Waals surface area contributed by atoms with E-state index in [4.69, 9.17) is 0 Å². The van der Waals surface area contributed by atoms with Crippen molar-refractivity contribution in [1.29, 1.82) is 0 Å². The Kier molecular flexibility index (Phi) is 3.94. The average molecular weight is 290 g/mol. The third kappa shape index (κ3) is 2.94. The summed E-state index contributed by atoms with van der Waals surface area (Å²) in [5.41, 5.74) is 0.465. The van der Waals surface area contributed by atoms with Crippen molar-refractivity contribution in [1.82, 2.24) is 19.6 Å². The van der Waals surface area contributed by atoms with Crippen LogP contribution >= 0.6 is 0 Å². The van der Waals surface area contributed by atoms with Crippen molar-refractivity contribution in [2.45, 2.75) is 25.7 Å². The van der Waals surface area contributed by atoms with Crippen molar-refractivity contribution in [3.05, 3.63) is 18.0 Å². The molecule has 0 aromatic carbocycles. The Balaban J connectivity index is 1.65. The molecule has 0 unspecified atom stereocenters. The maximum absolute atomic E-state index is 12.5. The summed E-state index contributed by atoms with van der Waals surface area (Å²) in [4.78, 5) is 28.6. The molecular formula is C15H22N4O2. The molecule has 2 aliphatic rings. The molecule has 3 heterocycles. The number of piperidine rings is 1. The van der Waals surface area contributed by atoms with Gasteiger partial charge in [0.05, 0.1) is 5.92 Å². The molecule has 2 fully saturated rings. The van der Waals surface area contributed by atoms with E-state index in [-0.39, 0.29) is 17.7 Å². The largest absolute Gasteiger partial charge is 0.342 e. The van der Waals surface area contributed by atoms with Crippen molar-refractivity contribution < 1.29 is 9.59 Å². The lowest BCUT2D eigenvalue weighted by Gasteiger charge is -2.33. The predicted octanol–water partition coefficient (Wildman–Crippen LogP) is 0.895. The van der Waals surface area contributed by atoms with Crippen molar-refractivity contribution in [3.63, 3.8) is 0 Å². The van der Waals surface area contributed by atoms with Crippen LogP contribution in [-0.2, 0) is 11.8 Å². The number of aryl methyl sites for hydroxylation is 1. The number of amides is 2. The first kappa shape index (κ1) is 14.1. The third-order valence-electron chi connectivity index (χ3n) is 4.41. The maximum Gasteiger partial charge on any atom is 0.274 e. The molecule has 2 amide bonds. The van der Waals surface area contributed by atoms with Gasteiger partial charge in [-0.15, -0.1) is 0 Å². The van der Waals surface area contributed by atoms with Gasteiger partial charge in [-0.25, -0.2) is 0 Å². The average Bonchev–Trinajstić information content (AvgIpc) is 3.17. The van der Waals surface area contributed by atoms with E-state index in [2.05, 4.69) is 5.10 Å². The van der Waals surface area contributed by atoms with Crippen LogP contribution < -0.4 is 0 Å². The van der Waals surface area contributed by atoms with Crippen molar-refractivity contribution >= 4 is 11.8 Å². The van der Waals surface area contributed by atoms with Gasteiger partial charge in [-0.3, -0.25) is 14.3 Å². The van der Waals surface area contributed by atoms with E-state index in [1.165, 1.54) is 0 Å². The number of hydrogen-bond acceptors (Lipinski definition) is 3. The summed E-state index contributed by atoms with van der Waals surface area (Å²) in [6.07, 6.45) is 5.76. The van der Waals surface area contributed by atoms with Crippen LogP contribution in [-0.4, -0.2) is 57.6 Å². The van der Waals surface area contributed by atoms with Crippen molar-refractivity contribution in [2.24, 2.45) is 13.0 Å². The monoisotopic (exact) mass is 290 g/mol. The van der Waals surface area contributed by atoms with Gasteiger partial charge in [-0.05, 0) is 31.7 Å². The van der Waals surface area contributed by atoms with Crippen molar-refractivity contribution in [3.8, 4) is 0 Å². The standard InChI is InChI=1S/C15H22N4O2/c1-17-10-6-13(16-17)15(21)19-9-4-5-12(11-19)14(20)18-7-2-3-8-18/h6,10,12H,2-5,7-9,11H2,1H3/t12-/m0/s1. The van der Waals surface area contributed by atoms with Gasteiger partial charge < -0.3 is 9.80 Å². The van der Waals surface area contributed by atoms with Crippen LogP contribution in [0, 0.1) is 5.92 Å². The van der Waals surface area contributed by atoms with Crippen LogP contribution in [0.5, 0.6) is 0 Å². The Labute approximate surface area is 124 Å². The lowest BCUT2D eigenvalue weighted by atomic mass is 9.96. The number of hydrogen-bond donors (Lipinski definition) is 0. The summed E-state index contributed by atoms with van der Waals surface area (Å²) in [6, 6.07) is 1.73. The number of aromatic nitrogens is 2. The Morgan fingerprint density at radius 3 is 2.52 bits per heavy atom. The van der Waals surface area contributed by atoms with Crippen molar-refractivity contribution in [2.75, 3.05) is 26.2 Å². The first-order valence-electron chi connectivity index (χ1n) is 7.73. The number of likely N-dealkylation sites (tertiary alicyclic amines) is 2. The maximum atomic E-state index is 12.5. The van der Waals surface area contributed by atoms with Gasteiger partial charge in [0, 0.05) is 39.4 Å². The highest BCUT2D eigenvalue weighted by Gasteiger charge is 2.32. The molecule has 6 heteroatoms. The van der Waals surface area contributed by atoms with E-state index < -0.39 is 0 Å². The molecule has 0 bridgehead atoms. The molecule has 114 valence electrons. The zero-order valence-corrected chi connectivity index (χ0v) is 12.5. The van der Waals surface area contributed by atoms with E-state index in [1.54, 1.807) is 28.9 Å². The van der Waals surface area contributed by atoms with E-state index in [1.807, 2.05) is 4.90 Å². The number of rotatable bonds is 2. The first-order chi connectivity index (χ1) is 10.1. The fraction of sp³-hybridized carbons (Fsp3) is 0.667. The van der Waals surface area contributed by atoms with Crippen LogP contribution in [0.3, 0.4) is 0 Å². The van der Waals surface area contributed by atoms with E-state index in [9.17, 15) is 9.59 Å². The highest BCUT2D eigenvalue weighted by Crippen LogP contribution is 2.22. The molecule has 3 rings (SSSR count). The highest BCUT2D eigenvalue weighted by molar-refractivity contribution is 5.92. The van der Waals surface area contributed by atoms with E-state index >= 15 is 0 Å². The minimum atomic E-state index is -0.0606. The Hall–Kier alpha value is -1.85. The summed E-state index contributed by atoms with van der Waals surface area (Å²) in [6.45, 7) is 3.01. The second-order valence-electron chi connectivity index (χ2n) is 6.00. The van der Waals surface area contributed by atoms with Crippen LogP contribution in [0.25, 0.3) is 0 Å². The number of nitrogens with zero attached hydrogens (tertiary/aromatic N) is 4. The molecular weight excluding hydrogens is 268 g/mol. The highest BCUT2D eigenvalue weighted by atomic mass is 16.2. The lowest BCUT2D eigenvalue weighted by molar-refractivity contribution is -0.135. The second-order valence-corrected chi connectivity index (χ2v) is 6.00. The van der Waals surface area contributed by atoms with Gasteiger partial charge >= 0.3 is 0 Å². The van der Waals surface area contributed by atoms with Gasteiger partial charge in [0.25, 0.3) is 5.91 Å². The normalized spacial score (nSPS) is 22.6. The quantitative estimate of drug-likeness (QED) is 0.813. The van der Waals surface area contributed by atoms with E-state index in [0.717, 1.165) is 45.3 Å². The van der Waals surface area contributed by atoms with Gasteiger partial charge in [0.2, 0.25) is 5.91 Å². The molecule has 0 saturated carbocycles. The molecule has 6 nitrogen and oxygen atoms in total. The molecule has 0 aliphatic carbocycles. The summed E-state index contributed by atoms with van der Waals surface area (Å²) >= 11 is 0. The number of carbonyl (C=O) groups is 2. The topological polar surface area (TPSA) is 58.4 Å². The smallest absolute Gasteiger partial charge is 0.274 e. The summed E-state index contributed by atoms with van der Waals surface area (Å²) < 4.78 is 1.63. The second kappa shape index (κ2) is 5.87. The van der Waals surface area contributed by atoms with Crippen LogP contribution in [0.2, 0.25) is 0 Å². The summed E-state index contributed by atoms with van der Waals surface area (Å²) in [5.74, 6) is 0.130. The molecule has 0 N–H and O–H groups in total. The van der Waals surface area contributed by atoms with Gasteiger partial charge in [0.15, 0.2) is 0 Å². The molecule has 0 spiro atoms. The molecule has 2 saturated heterocycles. The minimum Gasteiger partial charge on any atom is -0.342 e. The summed E-state index contributed by atoms with van der Waals surface area (Å²) in [5, 5.41) is 4.16. The fourth-order valence-corrected chi connectivity index (χ4v) is 3.25. The Morgan fingerprint density at radius 1 is 1.14 bits per heavy atom. The number of carbonyl (C=O) groups excluding carboxylic acids is 2. The predicted molar refractivity (Wildman–Crippen MR) is 77.6 cm³/mol. The van der Waals surface area contributed by atoms with Crippen LogP contribution in [0.15, 0.2) is 12.3 Å². The minimum absolute atomic E-state index is 0.0375. The van der Waals surface area contributed by atoms with E-state index in [0.29, 0.717) is 12.2 Å². The van der Waals surface area contributed by atoms with Crippen LogP contribution in [0.4, 0.5) is 0 Å². The zero-order valence-electron chi connectivity index (χ0n) is 12.5. The summed E-state index contributed by atoms with van der Waals surface area (Å²) in [7, 11) is 1.80.